The Morgan fingerprint density at radius 3 is 1.16 bits per heavy atom. The summed E-state index contributed by atoms with van der Waals surface area (Å²) in [6.07, 6.45) is 25.5. The van der Waals surface area contributed by atoms with E-state index in [2.05, 4.69) is 78.0 Å². The molecule has 0 aromatic rings. The van der Waals surface area contributed by atoms with Crippen LogP contribution in [0.15, 0.2) is 69.9 Å². The standard InChI is InChI=1S/C30H50O/c1-25(2)14-10-17-28(5)20-11-18-26(3)15-8-9-16-27(4)19-12-21-29(6)22-13-23-30(7)24-31/h14-16,20-21,23,31H,8-13,17-19,22,24H2,1-7H3/i24+2. The third-order valence-electron chi connectivity index (χ3n) is 5.59. The second-order valence-electron chi connectivity index (χ2n) is 9.42. The van der Waals surface area contributed by atoms with Gasteiger partial charge in [-0.1, -0.05) is 69.9 Å². The maximum atomic E-state index is 9.02. The highest BCUT2D eigenvalue weighted by Crippen LogP contribution is 2.14. The van der Waals surface area contributed by atoms with Crippen LogP contribution in [0.1, 0.15) is 113 Å². The zero-order valence-electron chi connectivity index (χ0n) is 21.7. The second-order valence-corrected chi connectivity index (χ2v) is 9.42. The molecule has 0 fully saturated rings. The predicted octanol–water partition coefficient (Wildman–Crippen LogP) is 9.58. The van der Waals surface area contributed by atoms with E-state index in [1.807, 2.05) is 6.92 Å². The maximum absolute atomic E-state index is 9.02. The van der Waals surface area contributed by atoms with Gasteiger partial charge < -0.3 is 5.11 Å². The normalized spacial score (nSPS) is 14.3. The third-order valence-corrected chi connectivity index (χ3v) is 5.59. The van der Waals surface area contributed by atoms with Gasteiger partial charge in [-0.05, 0) is 113 Å². The highest BCUT2D eigenvalue weighted by atomic mass is 16.5. The molecule has 0 aliphatic heterocycles. The van der Waals surface area contributed by atoms with E-state index in [0.717, 1.165) is 44.1 Å². The van der Waals surface area contributed by atoms with Gasteiger partial charge in [0.05, 0.1) is 6.61 Å². The van der Waals surface area contributed by atoms with Crippen molar-refractivity contribution in [1.29, 1.82) is 0 Å². The first kappa shape index (κ1) is 29.4. The van der Waals surface area contributed by atoms with Crippen molar-refractivity contribution in [2.24, 2.45) is 0 Å². The lowest BCUT2D eigenvalue weighted by Crippen LogP contribution is -1.85. The third kappa shape index (κ3) is 20.1. The minimum Gasteiger partial charge on any atom is -0.392 e. The fraction of sp³-hybridized carbons (Fsp3) is 0.600. The fourth-order valence-corrected chi connectivity index (χ4v) is 3.36. The smallest absolute Gasteiger partial charge is 0.0639 e. The van der Waals surface area contributed by atoms with Crippen molar-refractivity contribution in [3.05, 3.63) is 69.9 Å². The van der Waals surface area contributed by atoms with Crippen LogP contribution in [0.2, 0.25) is 0 Å². The number of aliphatic hydroxyl groups is 1. The molecule has 0 rings (SSSR count). The van der Waals surface area contributed by atoms with E-state index in [1.54, 1.807) is 0 Å². The Hall–Kier alpha value is -1.60. The largest absolute Gasteiger partial charge is 0.392 e. The quantitative estimate of drug-likeness (QED) is 0.192. The number of unbranched alkanes of at least 4 members (excludes halogenated alkanes) is 1. The molecule has 0 spiro atoms. The molecule has 0 aromatic heterocycles. The molecular weight excluding hydrogens is 378 g/mol. The van der Waals surface area contributed by atoms with Gasteiger partial charge in [0.1, 0.15) is 0 Å². The molecule has 0 aliphatic rings. The van der Waals surface area contributed by atoms with E-state index in [4.69, 9.17) is 5.11 Å². The molecule has 0 radical (unpaired) electrons. The van der Waals surface area contributed by atoms with Crippen LogP contribution < -0.4 is 0 Å². The average Bonchev–Trinajstić information content (AvgIpc) is 2.70. The number of hydrogen-bond donors (Lipinski definition) is 1. The molecule has 1 nitrogen and oxygen atoms in total. The van der Waals surface area contributed by atoms with Crippen molar-refractivity contribution < 1.29 is 5.11 Å². The van der Waals surface area contributed by atoms with Gasteiger partial charge in [0, 0.05) is 0 Å². The first-order valence-corrected chi connectivity index (χ1v) is 12.3. The Morgan fingerprint density at radius 2 is 0.806 bits per heavy atom. The summed E-state index contributed by atoms with van der Waals surface area (Å²) in [5, 5.41) is 9.02. The summed E-state index contributed by atoms with van der Waals surface area (Å²) in [5.74, 6) is 0. The van der Waals surface area contributed by atoms with Crippen molar-refractivity contribution in [2.75, 3.05) is 6.61 Å². The van der Waals surface area contributed by atoms with Crippen LogP contribution in [0.5, 0.6) is 0 Å². The topological polar surface area (TPSA) is 20.2 Å². The summed E-state index contributed by atoms with van der Waals surface area (Å²) in [4.78, 5) is 0. The van der Waals surface area contributed by atoms with E-state index in [0.29, 0.717) is 0 Å². The van der Waals surface area contributed by atoms with Gasteiger partial charge in [0.2, 0.25) is 0 Å². The van der Waals surface area contributed by atoms with Gasteiger partial charge in [0.25, 0.3) is 0 Å². The van der Waals surface area contributed by atoms with Crippen LogP contribution in [0, 0.1) is 0 Å². The first-order chi connectivity index (χ1) is 14.7. The highest BCUT2D eigenvalue weighted by molar-refractivity contribution is 5.08. The van der Waals surface area contributed by atoms with Gasteiger partial charge in [-0.2, -0.15) is 0 Å². The van der Waals surface area contributed by atoms with Crippen LogP contribution >= 0.6 is 0 Å². The van der Waals surface area contributed by atoms with Crippen LogP contribution in [0.4, 0.5) is 0 Å². The summed E-state index contributed by atoms with van der Waals surface area (Å²) >= 11 is 0. The van der Waals surface area contributed by atoms with Crippen LogP contribution in [-0.4, -0.2) is 11.7 Å². The molecule has 1 heteroatoms. The van der Waals surface area contributed by atoms with Crippen molar-refractivity contribution in [3.63, 3.8) is 0 Å². The molecule has 0 heterocycles. The lowest BCUT2D eigenvalue weighted by Gasteiger charge is -2.03. The molecule has 0 bridgehead atoms. The molecule has 0 aliphatic carbocycles. The van der Waals surface area contributed by atoms with E-state index < -0.39 is 0 Å². The number of allylic oxidation sites excluding steroid dienone is 11. The maximum Gasteiger partial charge on any atom is 0.0639 e. The Kier molecular flexibility index (Phi) is 18.1. The molecular formula is C30H50O. The number of aliphatic hydroxyl groups excluding tert-OH is 1. The highest BCUT2D eigenvalue weighted by Gasteiger charge is 1.94. The summed E-state index contributed by atoms with van der Waals surface area (Å²) in [6, 6.07) is 0. The Balaban J connectivity index is 4.07. The van der Waals surface area contributed by atoms with Crippen molar-refractivity contribution in [1.82, 2.24) is 0 Å². The Bertz CT molecular complexity index is 661. The lowest BCUT2D eigenvalue weighted by atomic mass is 10.0. The minimum absolute atomic E-state index is 0.176. The van der Waals surface area contributed by atoms with Gasteiger partial charge in [-0.15, -0.1) is 0 Å². The lowest BCUT2D eigenvalue weighted by molar-refractivity contribution is 0.331. The molecule has 1 N–H and O–H groups in total. The molecule has 0 saturated carbocycles. The van der Waals surface area contributed by atoms with Gasteiger partial charge in [-0.25, -0.2) is 0 Å². The molecule has 0 saturated heterocycles. The second kappa shape index (κ2) is 19.1. The summed E-state index contributed by atoms with van der Waals surface area (Å²) < 4.78 is 0. The molecule has 0 aromatic carbocycles. The average molecular weight is 429 g/mol. The summed E-state index contributed by atoms with van der Waals surface area (Å²) in [5.41, 5.74) is 8.47. The Labute approximate surface area is 194 Å². The zero-order chi connectivity index (χ0) is 23.5. The van der Waals surface area contributed by atoms with Crippen molar-refractivity contribution in [2.45, 2.75) is 113 Å². The molecule has 0 amide bonds. The van der Waals surface area contributed by atoms with E-state index >= 15 is 0 Å². The van der Waals surface area contributed by atoms with E-state index in [9.17, 15) is 0 Å². The Morgan fingerprint density at radius 1 is 0.484 bits per heavy atom. The molecule has 0 unspecified atom stereocenters. The molecule has 0 atom stereocenters. The monoisotopic (exact) mass is 428 g/mol. The van der Waals surface area contributed by atoms with E-state index in [-0.39, 0.29) is 6.61 Å². The number of hydrogen-bond acceptors (Lipinski definition) is 1. The molecule has 31 heavy (non-hydrogen) atoms. The fourth-order valence-electron chi connectivity index (χ4n) is 3.36. The summed E-state index contributed by atoms with van der Waals surface area (Å²) in [7, 11) is 0. The summed E-state index contributed by atoms with van der Waals surface area (Å²) in [6.45, 7) is 15.5. The van der Waals surface area contributed by atoms with Crippen LogP contribution in [0.3, 0.4) is 0 Å². The zero-order valence-corrected chi connectivity index (χ0v) is 21.7. The minimum atomic E-state index is 0.176. The van der Waals surface area contributed by atoms with Gasteiger partial charge >= 0.3 is 0 Å². The van der Waals surface area contributed by atoms with Gasteiger partial charge in [-0.3, -0.25) is 0 Å². The molecule has 176 valence electrons. The SMILES string of the molecule is CC(C)=CCCC(C)=CCCC(C)=CCCC=C(C)CCC=C(C)CCC=C(C)[14CH2]O. The van der Waals surface area contributed by atoms with Crippen molar-refractivity contribution in [3.8, 4) is 0 Å². The van der Waals surface area contributed by atoms with Crippen LogP contribution in [-0.2, 0) is 0 Å². The first-order valence-electron chi connectivity index (χ1n) is 12.3. The van der Waals surface area contributed by atoms with E-state index in [1.165, 1.54) is 53.5 Å². The predicted molar refractivity (Wildman–Crippen MR) is 141 cm³/mol. The van der Waals surface area contributed by atoms with Crippen LogP contribution in [0.25, 0.3) is 0 Å². The van der Waals surface area contributed by atoms with Gasteiger partial charge in [0.15, 0.2) is 0 Å². The number of rotatable bonds is 16. The van der Waals surface area contributed by atoms with Crippen molar-refractivity contribution >= 4 is 0 Å².